The van der Waals surface area contributed by atoms with Crippen molar-refractivity contribution >= 4 is 11.9 Å². The van der Waals surface area contributed by atoms with E-state index in [9.17, 15) is 9.59 Å². The Labute approximate surface area is 123 Å². The molecule has 0 aromatic rings. The first-order valence-corrected chi connectivity index (χ1v) is 7.99. The molecule has 0 aliphatic rings. The van der Waals surface area contributed by atoms with Gasteiger partial charge in [-0.2, -0.15) is 0 Å². The van der Waals surface area contributed by atoms with E-state index < -0.39 is 0 Å². The molecule has 0 aromatic heterocycles. The molecule has 1 N–H and O–H groups in total. The molecule has 0 radical (unpaired) electrons. The van der Waals surface area contributed by atoms with E-state index in [1.54, 1.807) is 6.92 Å². The average molecular weight is 285 g/mol. The summed E-state index contributed by atoms with van der Waals surface area (Å²) in [5.74, 6) is -0.0229. The molecule has 0 saturated carbocycles. The Morgan fingerprint density at radius 2 is 1.75 bits per heavy atom. The number of hydrogen-bond acceptors (Lipinski definition) is 3. The SMILES string of the molecule is CCCCCC(=O)OCCCCCCC(C)NC(C)=O. The number of nitrogens with one attached hydrogen (secondary N) is 1. The van der Waals surface area contributed by atoms with Crippen LogP contribution in [0.2, 0.25) is 0 Å². The second-order valence-electron chi connectivity index (χ2n) is 5.48. The van der Waals surface area contributed by atoms with Gasteiger partial charge in [-0.15, -0.1) is 0 Å². The molecule has 0 rings (SSSR count). The van der Waals surface area contributed by atoms with E-state index in [1.807, 2.05) is 6.92 Å². The molecule has 0 saturated heterocycles. The van der Waals surface area contributed by atoms with Crippen LogP contribution < -0.4 is 5.32 Å². The van der Waals surface area contributed by atoms with Crippen LogP contribution in [0, 0.1) is 0 Å². The third-order valence-corrected chi connectivity index (χ3v) is 3.23. The lowest BCUT2D eigenvalue weighted by Gasteiger charge is -2.11. The summed E-state index contributed by atoms with van der Waals surface area (Å²) < 4.78 is 5.17. The van der Waals surface area contributed by atoms with E-state index in [4.69, 9.17) is 4.74 Å². The molecule has 1 atom stereocenters. The van der Waals surface area contributed by atoms with Crippen LogP contribution in [0.4, 0.5) is 0 Å². The fraction of sp³-hybridized carbons (Fsp3) is 0.875. The van der Waals surface area contributed by atoms with Crippen molar-refractivity contribution in [2.45, 2.75) is 84.6 Å². The fourth-order valence-electron chi connectivity index (χ4n) is 2.10. The topological polar surface area (TPSA) is 55.4 Å². The van der Waals surface area contributed by atoms with E-state index in [2.05, 4.69) is 12.2 Å². The Morgan fingerprint density at radius 1 is 1.05 bits per heavy atom. The maximum Gasteiger partial charge on any atom is 0.305 e. The average Bonchev–Trinajstić information content (AvgIpc) is 2.37. The highest BCUT2D eigenvalue weighted by atomic mass is 16.5. The molecule has 0 bridgehead atoms. The smallest absolute Gasteiger partial charge is 0.305 e. The van der Waals surface area contributed by atoms with E-state index in [0.717, 1.165) is 51.4 Å². The van der Waals surface area contributed by atoms with Gasteiger partial charge in [0.2, 0.25) is 5.91 Å². The molecule has 1 unspecified atom stereocenters. The van der Waals surface area contributed by atoms with Crippen LogP contribution in [0.25, 0.3) is 0 Å². The number of rotatable bonds is 12. The van der Waals surface area contributed by atoms with Gasteiger partial charge in [-0.3, -0.25) is 9.59 Å². The normalized spacial score (nSPS) is 11.9. The lowest BCUT2D eigenvalue weighted by Crippen LogP contribution is -2.30. The number of amides is 1. The Balaban J connectivity index is 3.27. The summed E-state index contributed by atoms with van der Waals surface area (Å²) in [7, 11) is 0. The lowest BCUT2D eigenvalue weighted by molar-refractivity contribution is -0.143. The van der Waals surface area contributed by atoms with Gasteiger partial charge >= 0.3 is 5.97 Å². The van der Waals surface area contributed by atoms with Gasteiger partial charge < -0.3 is 10.1 Å². The van der Waals surface area contributed by atoms with Gasteiger partial charge in [-0.05, 0) is 26.2 Å². The summed E-state index contributed by atoms with van der Waals surface area (Å²) in [4.78, 5) is 22.2. The number of hydrogen-bond donors (Lipinski definition) is 1. The monoisotopic (exact) mass is 285 g/mol. The zero-order chi connectivity index (χ0) is 15.2. The molecule has 0 aromatic carbocycles. The van der Waals surface area contributed by atoms with Gasteiger partial charge in [0.05, 0.1) is 6.61 Å². The van der Waals surface area contributed by atoms with E-state index in [-0.39, 0.29) is 17.9 Å². The molecule has 4 heteroatoms. The minimum Gasteiger partial charge on any atom is -0.466 e. The molecular weight excluding hydrogens is 254 g/mol. The van der Waals surface area contributed by atoms with Crippen LogP contribution in [0.15, 0.2) is 0 Å². The second-order valence-corrected chi connectivity index (χ2v) is 5.48. The minimum absolute atomic E-state index is 0.0347. The highest BCUT2D eigenvalue weighted by Gasteiger charge is 2.03. The maximum absolute atomic E-state index is 11.3. The lowest BCUT2D eigenvalue weighted by atomic mass is 10.1. The fourth-order valence-corrected chi connectivity index (χ4v) is 2.10. The first-order valence-electron chi connectivity index (χ1n) is 7.99. The Bertz CT molecular complexity index is 266. The third-order valence-electron chi connectivity index (χ3n) is 3.23. The number of carbonyl (C=O) groups excluding carboxylic acids is 2. The van der Waals surface area contributed by atoms with Crippen molar-refractivity contribution in [2.75, 3.05) is 6.61 Å². The third kappa shape index (κ3) is 13.4. The number of ether oxygens (including phenoxy) is 1. The zero-order valence-electron chi connectivity index (χ0n) is 13.4. The number of esters is 1. The summed E-state index contributed by atoms with van der Waals surface area (Å²) in [5, 5.41) is 2.88. The highest BCUT2D eigenvalue weighted by Crippen LogP contribution is 2.07. The Hall–Kier alpha value is -1.06. The van der Waals surface area contributed by atoms with Crippen LogP contribution in [0.3, 0.4) is 0 Å². The van der Waals surface area contributed by atoms with Crippen LogP contribution in [0.1, 0.15) is 78.6 Å². The Morgan fingerprint density at radius 3 is 2.40 bits per heavy atom. The van der Waals surface area contributed by atoms with Crippen LogP contribution in [-0.4, -0.2) is 24.5 Å². The van der Waals surface area contributed by atoms with Crippen molar-refractivity contribution in [1.29, 1.82) is 0 Å². The summed E-state index contributed by atoms with van der Waals surface area (Å²) >= 11 is 0. The maximum atomic E-state index is 11.3. The van der Waals surface area contributed by atoms with Crippen LogP contribution >= 0.6 is 0 Å². The molecule has 118 valence electrons. The molecular formula is C16H31NO3. The molecule has 1 amide bonds. The largest absolute Gasteiger partial charge is 0.466 e. The summed E-state index contributed by atoms with van der Waals surface area (Å²) in [6.45, 7) is 6.25. The molecule has 0 aliphatic carbocycles. The van der Waals surface area contributed by atoms with E-state index in [1.165, 1.54) is 0 Å². The van der Waals surface area contributed by atoms with E-state index in [0.29, 0.717) is 13.0 Å². The molecule has 4 nitrogen and oxygen atoms in total. The van der Waals surface area contributed by atoms with Crippen LogP contribution in [0.5, 0.6) is 0 Å². The van der Waals surface area contributed by atoms with Crippen molar-refractivity contribution in [3.05, 3.63) is 0 Å². The van der Waals surface area contributed by atoms with Crippen molar-refractivity contribution in [3.63, 3.8) is 0 Å². The number of carbonyl (C=O) groups is 2. The summed E-state index contributed by atoms with van der Waals surface area (Å²) in [6, 6.07) is 0.254. The van der Waals surface area contributed by atoms with Crippen molar-refractivity contribution in [2.24, 2.45) is 0 Å². The Kier molecular flexibility index (Phi) is 12.3. The second kappa shape index (κ2) is 12.9. The standard InChI is InChI=1S/C16H31NO3/c1-4-5-8-12-16(19)20-13-10-7-6-9-11-14(2)17-15(3)18/h14H,4-13H2,1-3H3,(H,17,18). The summed E-state index contributed by atoms with van der Waals surface area (Å²) in [6.07, 6.45) is 8.98. The van der Waals surface area contributed by atoms with Gasteiger partial charge in [0, 0.05) is 19.4 Å². The molecule has 0 fully saturated rings. The molecule has 0 spiro atoms. The van der Waals surface area contributed by atoms with E-state index >= 15 is 0 Å². The highest BCUT2D eigenvalue weighted by molar-refractivity contribution is 5.73. The predicted molar refractivity (Wildman–Crippen MR) is 81.5 cm³/mol. The van der Waals surface area contributed by atoms with Crippen LogP contribution in [-0.2, 0) is 14.3 Å². The first-order chi connectivity index (χ1) is 9.56. The van der Waals surface area contributed by atoms with Crippen molar-refractivity contribution in [1.82, 2.24) is 5.32 Å². The first kappa shape index (κ1) is 18.9. The quantitative estimate of drug-likeness (QED) is 0.440. The zero-order valence-corrected chi connectivity index (χ0v) is 13.4. The predicted octanol–water partition coefficient (Wildman–Crippen LogP) is 3.59. The molecule has 20 heavy (non-hydrogen) atoms. The van der Waals surface area contributed by atoms with Crippen molar-refractivity contribution in [3.8, 4) is 0 Å². The van der Waals surface area contributed by atoms with Gasteiger partial charge in [0.25, 0.3) is 0 Å². The molecule has 0 aliphatic heterocycles. The molecule has 0 heterocycles. The van der Waals surface area contributed by atoms with Gasteiger partial charge in [0.1, 0.15) is 0 Å². The summed E-state index contributed by atoms with van der Waals surface area (Å²) in [5.41, 5.74) is 0. The minimum atomic E-state index is -0.0577. The van der Waals surface area contributed by atoms with Gasteiger partial charge in [-0.1, -0.05) is 39.0 Å². The number of unbranched alkanes of at least 4 members (excludes halogenated alkanes) is 5. The van der Waals surface area contributed by atoms with Crippen molar-refractivity contribution < 1.29 is 14.3 Å². The van der Waals surface area contributed by atoms with Gasteiger partial charge in [-0.25, -0.2) is 0 Å². The van der Waals surface area contributed by atoms with Gasteiger partial charge in [0.15, 0.2) is 0 Å².